The number of phenols is 1. The second kappa shape index (κ2) is 10.7. The topological polar surface area (TPSA) is 91.5 Å². The fourth-order valence-corrected chi connectivity index (χ4v) is 4.74. The van der Waals surface area contributed by atoms with E-state index in [1.165, 1.54) is 5.57 Å². The van der Waals surface area contributed by atoms with Gasteiger partial charge >= 0.3 is 5.97 Å². The molecule has 2 aliphatic rings. The van der Waals surface area contributed by atoms with Crippen molar-refractivity contribution < 1.29 is 15.0 Å². The van der Waals surface area contributed by atoms with Gasteiger partial charge in [0.15, 0.2) is 5.82 Å². The third kappa shape index (κ3) is 4.79. The van der Waals surface area contributed by atoms with Gasteiger partial charge in [-0.05, 0) is 50.3 Å². The number of nitrogens with zero attached hydrogens (tertiary/aromatic N) is 4. The van der Waals surface area contributed by atoms with Crippen LogP contribution >= 0.6 is 0 Å². The van der Waals surface area contributed by atoms with Crippen LogP contribution in [0.2, 0.25) is 0 Å². The normalized spacial score (nSPS) is 17.9. The first kappa shape index (κ1) is 25.3. The molecule has 0 unspecified atom stereocenters. The van der Waals surface area contributed by atoms with E-state index in [-0.39, 0.29) is 17.1 Å². The number of hydrogen-bond acceptors (Lipinski definition) is 5. The first-order valence-electron chi connectivity index (χ1n) is 12.1. The van der Waals surface area contributed by atoms with Crippen LogP contribution in [0.4, 0.5) is 5.69 Å². The van der Waals surface area contributed by atoms with Gasteiger partial charge in [-0.15, -0.1) is 10.2 Å². The quantitative estimate of drug-likeness (QED) is 0.545. The molecule has 2 N–H and O–H groups in total. The van der Waals surface area contributed by atoms with Crippen LogP contribution in [-0.2, 0) is 17.3 Å². The Labute approximate surface area is 202 Å². The molecule has 2 fully saturated rings. The van der Waals surface area contributed by atoms with Gasteiger partial charge in [-0.1, -0.05) is 44.7 Å². The highest BCUT2D eigenvalue weighted by Gasteiger charge is 2.50. The summed E-state index contributed by atoms with van der Waals surface area (Å²) in [6, 6.07) is 5.57. The number of piperidine rings is 1. The largest absolute Gasteiger partial charge is 0.507 e. The fourth-order valence-electron chi connectivity index (χ4n) is 4.74. The molecule has 0 amide bonds. The van der Waals surface area contributed by atoms with Gasteiger partial charge in [0, 0.05) is 31.9 Å². The van der Waals surface area contributed by atoms with Gasteiger partial charge in [0.25, 0.3) is 0 Å². The summed E-state index contributed by atoms with van der Waals surface area (Å²) >= 11 is 0. The van der Waals surface area contributed by atoms with Crippen molar-refractivity contribution in [3.05, 3.63) is 60.5 Å². The number of benzene rings is 1. The summed E-state index contributed by atoms with van der Waals surface area (Å²) in [7, 11) is 1.94. The number of rotatable bonds is 7. The number of hydrogen-bond donors (Lipinski definition) is 2. The molecule has 4 rings (SSSR count). The summed E-state index contributed by atoms with van der Waals surface area (Å²) in [5.41, 5.74) is 2.58. The molecule has 1 saturated heterocycles. The summed E-state index contributed by atoms with van der Waals surface area (Å²) < 4.78 is 1.98. The smallest absolute Gasteiger partial charge is 0.306 e. The lowest BCUT2D eigenvalue weighted by molar-refractivity contribution is -0.142. The molecule has 0 spiro atoms. The predicted octanol–water partition coefficient (Wildman–Crippen LogP) is 5.24. The average molecular weight is 465 g/mol. The average Bonchev–Trinajstić information content (AvgIpc) is 3.56. The Hall–Kier alpha value is -3.35. The van der Waals surface area contributed by atoms with Crippen molar-refractivity contribution in [2.24, 2.45) is 13.0 Å². The molecular formula is C27H36N4O3. The molecule has 7 heteroatoms. The van der Waals surface area contributed by atoms with Crippen molar-refractivity contribution >= 4 is 11.7 Å². The summed E-state index contributed by atoms with van der Waals surface area (Å²) in [4.78, 5) is 13.3. The molecule has 2 heterocycles. The number of carbonyl (C=O) groups is 1. The van der Waals surface area contributed by atoms with Crippen molar-refractivity contribution in [2.45, 2.75) is 51.9 Å². The first-order chi connectivity index (χ1) is 16.4. The maximum absolute atomic E-state index is 11.2. The van der Waals surface area contributed by atoms with Gasteiger partial charge in [0.05, 0.1) is 16.9 Å². The van der Waals surface area contributed by atoms with Crippen LogP contribution < -0.4 is 4.90 Å². The van der Waals surface area contributed by atoms with Crippen molar-refractivity contribution in [2.75, 3.05) is 18.0 Å². The Kier molecular flexibility index (Phi) is 7.97. The zero-order valence-corrected chi connectivity index (χ0v) is 20.7. The zero-order valence-electron chi connectivity index (χ0n) is 20.7. The van der Waals surface area contributed by atoms with Gasteiger partial charge in [0.1, 0.15) is 11.6 Å². The van der Waals surface area contributed by atoms with Crippen molar-refractivity contribution in [1.29, 1.82) is 0 Å². The fraction of sp³-hybridized carbons (Fsp3) is 0.444. The molecule has 182 valence electrons. The molecule has 0 atom stereocenters. The number of carboxylic acids is 1. The van der Waals surface area contributed by atoms with E-state index in [1.54, 1.807) is 12.1 Å². The molecule has 0 bridgehead atoms. The Balaban J connectivity index is 0.00000158. The van der Waals surface area contributed by atoms with E-state index < -0.39 is 5.97 Å². The molecule has 1 aliphatic carbocycles. The summed E-state index contributed by atoms with van der Waals surface area (Å²) in [5.74, 6) is 0.661. The van der Waals surface area contributed by atoms with E-state index in [1.807, 2.05) is 50.6 Å². The number of aromatic hydroxyl groups is 1. The monoisotopic (exact) mass is 464 g/mol. The van der Waals surface area contributed by atoms with Gasteiger partial charge in [-0.3, -0.25) is 4.79 Å². The lowest BCUT2D eigenvalue weighted by atomic mass is 9.93. The number of phenolic OH excluding ortho intramolecular Hbond substituents is 1. The lowest BCUT2D eigenvalue weighted by Crippen LogP contribution is -2.36. The van der Waals surface area contributed by atoms with E-state index >= 15 is 0 Å². The van der Waals surface area contributed by atoms with Gasteiger partial charge in [0.2, 0.25) is 0 Å². The van der Waals surface area contributed by atoms with Gasteiger partial charge in [-0.25, -0.2) is 0 Å². The molecule has 1 aliphatic heterocycles. The van der Waals surface area contributed by atoms with Gasteiger partial charge in [-0.2, -0.15) is 0 Å². The standard InChI is InChI=1S/C25H30N4O3.C2H6/c1-4-6-7-18(5-2)25(12-13-25)24-27-26-22(28(24)3)20-9-8-19(16-21(20)30)29-14-10-17(11-15-29)23(31)32;1-2/h4-9,16-17,30H,1,10-15H2,2-3H3,(H,31,32);1-2H3/b7-6-,18-5+;. The van der Waals surface area contributed by atoms with Crippen LogP contribution in [0.5, 0.6) is 5.75 Å². The van der Waals surface area contributed by atoms with Crippen LogP contribution in [-0.4, -0.2) is 44.0 Å². The molecule has 1 saturated carbocycles. The summed E-state index contributed by atoms with van der Waals surface area (Å²) in [6.45, 7) is 11.1. The van der Waals surface area contributed by atoms with E-state index in [4.69, 9.17) is 0 Å². The maximum Gasteiger partial charge on any atom is 0.306 e. The third-order valence-corrected chi connectivity index (χ3v) is 6.76. The van der Waals surface area contributed by atoms with Crippen molar-refractivity contribution in [3.63, 3.8) is 0 Å². The Morgan fingerprint density at radius 1 is 1.21 bits per heavy atom. The van der Waals surface area contributed by atoms with Crippen LogP contribution in [0.15, 0.2) is 54.7 Å². The van der Waals surface area contributed by atoms with Crippen LogP contribution in [0.25, 0.3) is 11.4 Å². The number of carboxylic acid groups (broad SMARTS) is 1. The highest BCUT2D eigenvalue weighted by atomic mass is 16.4. The second-order valence-electron chi connectivity index (χ2n) is 8.63. The Morgan fingerprint density at radius 3 is 2.41 bits per heavy atom. The van der Waals surface area contributed by atoms with Crippen molar-refractivity contribution in [3.8, 4) is 17.1 Å². The molecule has 34 heavy (non-hydrogen) atoms. The van der Waals surface area contributed by atoms with Gasteiger partial charge < -0.3 is 19.7 Å². The molecular weight excluding hydrogens is 428 g/mol. The van der Waals surface area contributed by atoms with E-state index in [0.29, 0.717) is 37.3 Å². The van der Waals surface area contributed by atoms with Crippen LogP contribution in [0.1, 0.15) is 52.3 Å². The van der Waals surface area contributed by atoms with E-state index in [2.05, 4.69) is 33.8 Å². The highest BCUT2D eigenvalue weighted by molar-refractivity contribution is 5.71. The third-order valence-electron chi connectivity index (χ3n) is 6.76. The second-order valence-corrected chi connectivity index (χ2v) is 8.63. The summed E-state index contributed by atoms with van der Waals surface area (Å²) in [5, 5.41) is 28.9. The first-order valence-corrected chi connectivity index (χ1v) is 12.1. The number of aliphatic carboxylic acids is 1. The van der Waals surface area contributed by atoms with Crippen LogP contribution in [0.3, 0.4) is 0 Å². The van der Waals surface area contributed by atoms with E-state index in [9.17, 15) is 15.0 Å². The minimum atomic E-state index is -0.726. The number of aromatic nitrogens is 3. The van der Waals surface area contributed by atoms with Crippen molar-refractivity contribution in [1.82, 2.24) is 14.8 Å². The Morgan fingerprint density at radius 2 is 1.88 bits per heavy atom. The minimum absolute atomic E-state index is 0.141. The highest BCUT2D eigenvalue weighted by Crippen LogP contribution is 2.54. The molecule has 1 aromatic carbocycles. The lowest BCUT2D eigenvalue weighted by Gasteiger charge is -2.32. The SMILES string of the molecule is C=C/C=C\C(=C/C)C1(c2nnc(-c3ccc(N4CCC(C(=O)O)CC4)cc3O)n2C)CC1.CC. The van der Waals surface area contributed by atoms with Crippen LogP contribution in [0, 0.1) is 5.92 Å². The maximum atomic E-state index is 11.2. The molecule has 2 aromatic rings. The molecule has 7 nitrogen and oxygen atoms in total. The minimum Gasteiger partial charge on any atom is -0.507 e. The molecule has 0 radical (unpaired) electrons. The molecule has 1 aromatic heterocycles. The number of allylic oxidation sites excluding steroid dienone is 5. The number of anilines is 1. The summed E-state index contributed by atoms with van der Waals surface area (Å²) in [6.07, 6.45) is 11.1. The zero-order chi connectivity index (χ0) is 24.9. The van der Waals surface area contributed by atoms with E-state index in [0.717, 1.165) is 24.4 Å². The Bertz CT molecular complexity index is 1090. The predicted molar refractivity (Wildman–Crippen MR) is 136 cm³/mol.